The lowest BCUT2D eigenvalue weighted by molar-refractivity contribution is 0.276. The minimum atomic E-state index is -0.151. The molecule has 0 amide bonds. The van der Waals surface area contributed by atoms with E-state index in [4.69, 9.17) is 21.4 Å². The van der Waals surface area contributed by atoms with Gasteiger partial charge in [-0.2, -0.15) is 0 Å². The smallest absolute Gasteiger partial charge is 0.240 e. The topological polar surface area (TPSA) is 86.0 Å². The molecule has 0 aliphatic heterocycles. The van der Waals surface area contributed by atoms with Crippen molar-refractivity contribution in [1.29, 1.82) is 0 Å². The molecule has 0 unspecified atom stereocenters. The lowest BCUT2D eigenvalue weighted by atomic mass is 10.1. The number of ether oxygens (including phenoxy) is 1. The van der Waals surface area contributed by atoms with Crippen molar-refractivity contribution in [3.05, 3.63) is 53.1 Å². The summed E-state index contributed by atoms with van der Waals surface area (Å²) >= 11 is 6.04. The number of methoxy groups -OCH3 is 1. The molecule has 0 fully saturated rings. The van der Waals surface area contributed by atoms with E-state index in [0.717, 1.165) is 5.56 Å². The number of aromatic nitrogens is 5. The highest BCUT2D eigenvalue weighted by Gasteiger charge is 2.12. The Bertz CT molecular complexity index is 821. The van der Waals surface area contributed by atoms with Crippen LogP contribution in [0.5, 0.6) is 5.88 Å². The first-order chi connectivity index (χ1) is 11.2. The summed E-state index contributed by atoms with van der Waals surface area (Å²) in [6.07, 6.45) is 3.28. The summed E-state index contributed by atoms with van der Waals surface area (Å²) in [4.78, 5) is 8.88. The van der Waals surface area contributed by atoms with E-state index in [1.54, 1.807) is 36.3 Å². The van der Waals surface area contributed by atoms with Crippen molar-refractivity contribution in [3.63, 3.8) is 0 Å². The number of hydrogen-bond acceptors (Lipinski definition) is 6. The molecule has 3 rings (SSSR count). The van der Waals surface area contributed by atoms with Gasteiger partial charge in [-0.25, -0.2) is 14.6 Å². The fraction of sp³-hybridized carbons (Fsp3) is 0.200. The molecule has 0 bridgehead atoms. The number of benzene rings is 1. The predicted octanol–water partition coefficient (Wildman–Crippen LogP) is 1.94. The Kier molecular flexibility index (Phi) is 4.50. The average molecular weight is 332 g/mol. The van der Waals surface area contributed by atoms with E-state index in [9.17, 15) is 0 Å². The van der Waals surface area contributed by atoms with E-state index in [1.807, 2.05) is 12.1 Å². The normalized spacial score (nSPS) is 10.7. The highest BCUT2D eigenvalue weighted by atomic mass is 35.5. The SMILES string of the molecule is COc1ncc(Cn2cc(CO)nn2)nc1-c1cccc(Cl)c1. The van der Waals surface area contributed by atoms with Crippen molar-refractivity contribution in [1.82, 2.24) is 25.0 Å². The molecule has 0 spiro atoms. The van der Waals surface area contributed by atoms with Crippen LogP contribution in [0.3, 0.4) is 0 Å². The van der Waals surface area contributed by atoms with Gasteiger partial charge in [-0.15, -0.1) is 5.10 Å². The second-order valence-electron chi connectivity index (χ2n) is 4.80. The molecule has 0 saturated heterocycles. The monoisotopic (exact) mass is 331 g/mol. The Hall–Kier alpha value is -2.51. The second-order valence-corrected chi connectivity index (χ2v) is 5.23. The summed E-state index contributed by atoms with van der Waals surface area (Å²) in [6.45, 7) is 0.236. The van der Waals surface area contributed by atoms with Crippen molar-refractivity contribution in [3.8, 4) is 17.1 Å². The maximum absolute atomic E-state index is 9.03. The van der Waals surface area contributed by atoms with Crippen LogP contribution in [0.25, 0.3) is 11.3 Å². The van der Waals surface area contributed by atoms with E-state index >= 15 is 0 Å². The Labute approximate surface area is 137 Å². The minimum Gasteiger partial charge on any atom is -0.479 e. The van der Waals surface area contributed by atoms with Crippen molar-refractivity contribution in [2.45, 2.75) is 13.2 Å². The van der Waals surface area contributed by atoms with Gasteiger partial charge in [0.25, 0.3) is 0 Å². The molecule has 3 aromatic rings. The van der Waals surface area contributed by atoms with Gasteiger partial charge in [-0.05, 0) is 12.1 Å². The van der Waals surface area contributed by atoms with Gasteiger partial charge in [0.05, 0.1) is 38.3 Å². The van der Waals surface area contributed by atoms with Crippen LogP contribution in [0, 0.1) is 0 Å². The molecule has 8 heteroatoms. The third-order valence-electron chi connectivity index (χ3n) is 3.15. The highest BCUT2D eigenvalue weighted by molar-refractivity contribution is 6.30. The largest absolute Gasteiger partial charge is 0.479 e. The van der Waals surface area contributed by atoms with Crippen LogP contribution in [0.2, 0.25) is 5.02 Å². The molecular formula is C15H14ClN5O2. The fourth-order valence-electron chi connectivity index (χ4n) is 2.12. The molecule has 0 aliphatic rings. The number of halogens is 1. The number of hydrogen-bond donors (Lipinski definition) is 1. The molecule has 118 valence electrons. The van der Waals surface area contributed by atoms with E-state index in [-0.39, 0.29) is 6.61 Å². The first-order valence-corrected chi connectivity index (χ1v) is 7.23. The van der Waals surface area contributed by atoms with Crippen LogP contribution >= 0.6 is 11.6 Å². The number of aliphatic hydroxyl groups excluding tert-OH is 1. The number of aliphatic hydroxyl groups is 1. The van der Waals surface area contributed by atoms with Crippen molar-refractivity contribution in [2.75, 3.05) is 7.11 Å². The summed E-state index contributed by atoms with van der Waals surface area (Å²) in [6, 6.07) is 7.33. The standard InChI is InChI=1S/C15H14ClN5O2/c1-23-15-14(10-3-2-4-11(16)5-10)18-12(6-17-15)7-21-8-13(9-22)19-20-21/h2-6,8,22H,7,9H2,1H3. The highest BCUT2D eigenvalue weighted by Crippen LogP contribution is 2.28. The molecule has 2 heterocycles. The Morgan fingerprint density at radius 1 is 1.30 bits per heavy atom. The molecule has 0 atom stereocenters. The molecule has 0 saturated carbocycles. The molecule has 2 aromatic heterocycles. The third kappa shape index (κ3) is 3.46. The van der Waals surface area contributed by atoms with E-state index in [2.05, 4.69) is 20.3 Å². The molecule has 7 nitrogen and oxygen atoms in total. The first kappa shape index (κ1) is 15.4. The van der Waals surface area contributed by atoms with Crippen molar-refractivity contribution >= 4 is 11.6 Å². The van der Waals surface area contributed by atoms with Gasteiger partial charge in [0, 0.05) is 10.6 Å². The molecule has 0 radical (unpaired) electrons. The van der Waals surface area contributed by atoms with Crippen LogP contribution in [0.15, 0.2) is 36.7 Å². The first-order valence-electron chi connectivity index (χ1n) is 6.85. The number of nitrogens with zero attached hydrogens (tertiary/aromatic N) is 5. The zero-order valence-corrected chi connectivity index (χ0v) is 13.1. The van der Waals surface area contributed by atoms with Crippen LogP contribution in [0.4, 0.5) is 0 Å². The molecule has 23 heavy (non-hydrogen) atoms. The van der Waals surface area contributed by atoms with Gasteiger partial charge < -0.3 is 9.84 Å². The summed E-state index contributed by atoms with van der Waals surface area (Å²) in [7, 11) is 1.54. The van der Waals surface area contributed by atoms with Crippen LogP contribution in [-0.4, -0.2) is 37.2 Å². The molecule has 1 N–H and O–H groups in total. The van der Waals surface area contributed by atoms with Gasteiger partial charge in [0.1, 0.15) is 11.4 Å². The second kappa shape index (κ2) is 6.72. The molecular weight excluding hydrogens is 318 g/mol. The summed E-state index contributed by atoms with van der Waals surface area (Å²) < 4.78 is 6.87. The van der Waals surface area contributed by atoms with E-state index < -0.39 is 0 Å². The molecule has 1 aromatic carbocycles. The Morgan fingerprint density at radius 2 is 2.17 bits per heavy atom. The van der Waals surface area contributed by atoms with Crippen LogP contribution in [0.1, 0.15) is 11.4 Å². The van der Waals surface area contributed by atoms with Crippen LogP contribution < -0.4 is 4.74 Å². The van der Waals surface area contributed by atoms with Crippen molar-refractivity contribution in [2.24, 2.45) is 0 Å². The zero-order chi connectivity index (χ0) is 16.2. The summed E-state index contributed by atoms with van der Waals surface area (Å²) in [5.74, 6) is 0.422. The lowest BCUT2D eigenvalue weighted by Gasteiger charge is -2.09. The van der Waals surface area contributed by atoms with Gasteiger partial charge in [-0.1, -0.05) is 28.9 Å². The van der Waals surface area contributed by atoms with E-state index in [0.29, 0.717) is 34.5 Å². The zero-order valence-electron chi connectivity index (χ0n) is 12.3. The van der Waals surface area contributed by atoms with Gasteiger partial charge in [0.2, 0.25) is 5.88 Å². The van der Waals surface area contributed by atoms with E-state index in [1.165, 1.54) is 0 Å². The quantitative estimate of drug-likeness (QED) is 0.769. The van der Waals surface area contributed by atoms with Crippen molar-refractivity contribution < 1.29 is 9.84 Å². The predicted molar refractivity (Wildman–Crippen MR) is 84.1 cm³/mol. The average Bonchev–Trinajstić information content (AvgIpc) is 3.02. The minimum absolute atomic E-state index is 0.151. The number of rotatable bonds is 5. The van der Waals surface area contributed by atoms with Gasteiger partial charge >= 0.3 is 0 Å². The maximum Gasteiger partial charge on any atom is 0.240 e. The maximum atomic E-state index is 9.03. The third-order valence-corrected chi connectivity index (χ3v) is 3.39. The van der Waals surface area contributed by atoms with Gasteiger partial charge in [0.15, 0.2) is 0 Å². The van der Waals surface area contributed by atoms with Crippen LogP contribution in [-0.2, 0) is 13.2 Å². The lowest BCUT2D eigenvalue weighted by Crippen LogP contribution is -2.05. The Morgan fingerprint density at radius 3 is 2.87 bits per heavy atom. The Balaban J connectivity index is 1.95. The summed E-state index contributed by atoms with van der Waals surface area (Å²) in [5, 5.41) is 17.4. The fourth-order valence-corrected chi connectivity index (χ4v) is 2.31. The van der Waals surface area contributed by atoms with Gasteiger partial charge in [-0.3, -0.25) is 0 Å². The molecule has 0 aliphatic carbocycles. The summed E-state index contributed by atoms with van der Waals surface area (Å²) in [5.41, 5.74) is 2.62.